The van der Waals surface area contributed by atoms with Gasteiger partial charge in [-0.15, -0.1) is 0 Å². The monoisotopic (exact) mass is 379 g/mol. The van der Waals surface area contributed by atoms with E-state index >= 15 is 0 Å². The Labute approximate surface area is 167 Å². The first-order chi connectivity index (χ1) is 13.6. The lowest BCUT2D eigenvalue weighted by Crippen LogP contribution is -2.38. The van der Waals surface area contributed by atoms with E-state index in [0.29, 0.717) is 13.0 Å². The summed E-state index contributed by atoms with van der Waals surface area (Å²) in [7, 11) is 1.96. The molecule has 3 rings (SSSR count). The normalized spacial score (nSPS) is 15.5. The van der Waals surface area contributed by atoms with Crippen molar-refractivity contribution in [3.8, 4) is 0 Å². The van der Waals surface area contributed by atoms with Crippen molar-refractivity contribution in [3.05, 3.63) is 65.7 Å². The van der Waals surface area contributed by atoms with Crippen molar-refractivity contribution in [1.29, 1.82) is 0 Å². The zero-order valence-electron chi connectivity index (χ0n) is 16.7. The van der Waals surface area contributed by atoms with Gasteiger partial charge in [0.25, 0.3) is 0 Å². The Hall–Kier alpha value is -2.66. The predicted molar refractivity (Wildman–Crippen MR) is 112 cm³/mol. The summed E-state index contributed by atoms with van der Waals surface area (Å²) in [6.45, 7) is 4.03. The molecule has 1 heterocycles. The predicted octanol–water partition coefficient (Wildman–Crippen LogP) is 3.51. The highest BCUT2D eigenvalue weighted by atomic mass is 16.2. The summed E-state index contributed by atoms with van der Waals surface area (Å²) in [6, 6.07) is 17.4. The fraction of sp³-hybridized carbons (Fsp3) is 0.391. The van der Waals surface area contributed by atoms with Gasteiger partial charge in [0.1, 0.15) is 6.04 Å². The molecule has 5 heteroatoms. The van der Waals surface area contributed by atoms with Crippen LogP contribution in [0.3, 0.4) is 0 Å². The number of nitrogens with zero attached hydrogens (tertiary/aromatic N) is 2. The summed E-state index contributed by atoms with van der Waals surface area (Å²) in [5.74, 6) is 0.163. The van der Waals surface area contributed by atoms with Crippen molar-refractivity contribution in [2.75, 3.05) is 25.0 Å². The van der Waals surface area contributed by atoms with Crippen LogP contribution in [0.15, 0.2) is 54.6 Å². The molecule has 5 nitrogen and oxygen atoms in total. The van der Waals surface area contributed by atoms with Crippen LogP contribution in [-0.4, -0.2) is 36.9 Å². The number of benzene rings is 2. The van der Waals surface area contributed by atoms with Gasteiger partial charge in [0, 0.05) is 25.2 Å². The number of likely N-dealkylation sites (N-methyl/N-ethyl adjacent to an activating group) is 1. The number of carbonyl (C=O) groups excluding carboxylic acids is 2. The average molecular weight is 380 g/mol. The first-order valence-electron chi connectivity index (χ1n) is 10.0. The molecule has 0 radical (unpaired) electrons. The van der Waals surface area contributed by atoms with Crippen LogP contribution in [0.25, 0.3) is 0 Å². The maximum atomic E-state index is 12.9. The first kappa shape index (κ1) is 20.1. The first-order valence-corrected chi connectivity index (χ1v) is 10.0. The molecular weight excluding hydrogens is 350 g/mol. The van der Waals surface area contributed by atoms with E-state index in [4.69, 9.17) is 0 Å². The van der Waals surface area contributed by atoms with Crippen molar-refractivity contribution < 1.29 is 9.59 Å². The van der Waals surface area contributed by atoms with Crippen LogP contribution in [0.5, 0.6) is 0 Å². The Bertz CT molecular complexity index is 807. The number of nitrogens with one attached hydrogen (secondary N) is 1. The Morgan fingerprint density at radius 3 is 2.64 bits per heavy atom. The zero-order valence-corrected chi connectivity index (χ0v) is 16.7. The third kappa shape index (κ3) is 4.78. The van der Waals surface area contributed by atoms with Gasteiger partial charge in [-0.1, -0.05) is 49.4 Å². The molecule has 2 amide bonds. The molecule has 0 aromatic heterocycles. The molecule has 1 aliphatic heterocycles. The largest absolute Gasteiger partial charge is 0.350 e. The lowest BCUT2D eigenvalue weighted by Gasteiger charge is -2.27. The number of piperidine rings is 1. The molecule has 0 saturated carbocycles. The SMILES string of the molecule is CCN(C)C(C(=O)NCc1cccc(N2CCCCC2=O)c1)c1ccccc1. The number of hydrogen-bond donors (Lipinski definition) is 1. The molecule has 1 N–H and O–H groups in total. The fourth-order valence-corrected chi connectivity index (χ4v) is 3.62. The van der Waals surface area contributed by atoms with Gasteiger partial charge >= 0.3 is 0 Å². The molecule has 0 bridgehead atoms. The molecule has 28 heavy (non-hydrogen) atoms. The van der Waals surface area contributed by atoms with E-state index in [0.717, 1.165) is 42.7 Å². The van der Waals surface area contributed by atoms with E-state index < -0.39 is 0 Å². The van der Waals surface area contributed by atoms with Crippen LogP contribution in [0.4, 0.5) is 5.69 Å². The quantitative estimate of drug-likeness (QED) is 0.801. The third-order valence-corrected chi connectivity index (χ3v) is 5.32. The number of rotatable bonds is 7. The molecule has 148 valence electrons. The van der Waals surface area contributed by atoms with Gasteiger partial charge in [0.15, 0.2) is 0 Å². The maximum Gasteiger partial charge on any atom is 0.242 e. The third-order valence-electron chi connectivity index (χ3n) is 5.32. The number of carbonyl (C=O) groups is 2. The Balaban J connectivity index is 1.69. The lowest BCUT2D eigenvalue weighted by atomic mass is 10.0. The van der Waals surface area contributed by atoms with Crippen molar-refractivity contribution in [1.82, 2.24) is 10.2 Å². The van der Waals surface area contributed by atoms with Crippen molar-refractivity contribution >= 4 is 17.5 Å². The van der Waals surface area contributed by atoms with Gasteiger partial charge in [0.05, 0.1) is 0 Å². The van der Waals surface area contributed by atoms with Crippen LogP contribution in [0, 0.1) is 0 Å². The van der Waals surface area contributed by atoms with E-state index in [-0.39, 0.29) is 17.9 Å². The summed E-state index contributed by atoms with van der Waals surface area (Å²) < 4.78 is 0. The molecule has 1 atom stereocenters. The van der Waals surface area contributed by atoms with Gasteiger partial charge in [-0.2, -0.15) is 0 Å². The van der Waals surface area contributed by atoms with Crippen LogP contribution >= 0.6 is 0 Å². The van der Waals surface area contributed by atoms with Gasteiger partial charge in [-0.05, 0) is 49.7 Å². The van der Waals surface area contributed by atoms with Crippen molar-refractivity contribution in [2.24, 2.45) is 0 Å². The van der Waals surface area contributed by atoms with E-state index in [1.54, 1.807) is 0 Å². The molecule has 2 aromatic carbocycles. The number of hydrogen-bond acceptors (Lipinski definition) is 3. The standard InChI is InChI=1S/C23H29N3O2/c1-3-25(2)22(19-11-5-4-6-12-19)23(28)24-17-18-10-9-13-20(16-18)26-15-8-7-14-21(26)27/h4-6,9-13,16,22H,3,7-8,14-15,17H2,1-2H3,(H,24,28). The van der Waals surface area contributed by atoms with Gasteiger partial charge in [0.2, 0.25) is 11.8 Å². The molecule has 2 aromatic rings. The van der Waals surface area contributed by atoms with Gasteiger partial charge < -0.3 is 10.2 Å². The number of anilines is 1. The van der Waals surface area contributed by atoms with Crippen LogP contribution in [0.1, 0.15) is 43.4 Å². The van der Waals surface area contributed by atoms with E-state index in [9.17, 15) is 9.59 Å². The fourth-order valence-electron chi connectivity index (χ4n) is 3.62. The minimum atomic E-state index is -0.321. The highest BCUT2D eigenvalue weighted by Gasteiger charge is 2.24. The minimum Gasteiger partial charge on any atom is -0.350 e. The minimum absolute atomic E-state index is 0.0185. The summed E-state index contributed by atoms with van der Waals surface area (Å²) in [5.41, 5.74) is 2.90. The summed E-state index contributed by atoms with van der Waals surface area (Å²) in [6.07, 6.45) is 2.62. The lowest BCUT2D eigenvalue weighted by molar-refractivity contribution is -0.126. The van der Waals surface area contributed by atoms with E-state index in [1.807, 2.05) is 78.4 Å². The number of amides is 2. The Morgan fingerprint density at radius 2 is 1.93 bits per heavy atom. The highest BCUT2D eigenvalue weighted by Crippen LogP contribution is 2.23. The average Bonchev–Trinajstić information content (AvgIpc) is 2.73. The topological polar surface area (TPSA) is 52.7 Å². The van der Waals surface area contributed by atoms with Gasteiger partial charge in [-0.3, -0.25) is 14.5 Å². The van der Waals surface area contributed by atoms with Crippen molar-refractivity contribution in [2.45, 2.75) is 38.8 Å². The molecule has 1 fully saturated rings. The summed E-state index contributed by atoms with van der Waals surface area (Å²) >= 11 is 0. The summed E-state index contributed by atoms with van der Waals surface area (Å²) in [4.78, 5) is 29.0. The van der Waals surface area contributed by atoms with Crippen LogP contribution in [0.2, 0.25) is 0 Å². The molecule has 1 unspecified atom stereocenters. The van der Waals surface area contributed by atoms with E-state index in [1.165, 1.54) is 0 Å². The van der Waals surface area contributed by atoms with Crippen LogP contribution in [-0.2, 0) is 16.1 Å². The maximum absolute atomic E-state index is 12.9. The summed E-state index contributed by atoms with van der Waals surface area (Å²) in [5, 5.41) is 3.07. The highest BCUT2D eigenvalue weighted by molar-refractivity contribution is 5.94. The van der Waals surface area contributed by atoms with Crippen molar-refractivity contribution in [3.63, 3.8) is 0 Å². The zero-order chi connectivity index (χ0) is 19.9. The second-order valence-corrected chi connectivity index (χ2v) is 7.28. The second kappa shape index (κ2) is 9.51. The van der Waals surface area contributed by atoms with Crippen LogP contribution < -0.4 is 10.2 Å². The molecule has 1 saturated heterocycles. The second-order valence-electron chi connectivity index (χ2n) is 7.28. The Kier molecular flexibility index (Phi) is 6.82. The molecule has 0 spiro atoms. The molecule has 1 aliphatic rings. The Morgan fingerprint density at radius 1 is 1.14 bits per heavy atom. The van der Waals surface area contributed by atoms with Gasteiger partial charge in [-0.25, -0.2) is 0 Å². The molecule has 0 aliphatic carbocycles. The van der Waals surface area contributed by atoms with E-state index in [2.05, 4.69) is 5.32 Å². The molecular formula is C23H29N3O2. The smallest absolute Gasteiger partial charge is 0.242 e.